The fourth-order valence-corrected chi connectivity index (χ4v) is 1.92. The summed E-state index contributed by atoms with van der Waals surface area (Å²) in [6.07, 6.45) is 3.90. The van der Waals surface area contributed by atoms with Crippen LogP contribution >= 0.6 is 0 Å². The highest BCUT2D eigenvalue weighted by molar-refractivity contribution is 4.95. The minimum absolute atomic E-state index is 0.327. The van der Waals surface area contributed by atoms with Crippen LogP contribution in [0.3, 0.4) is 0 Å². The Hall–Kier alpha value is -0.0800. The summed E-state index contributed by atoms with van der Waals surface area (Å²) < 4.78 is 5.06. The van der Waals surface area contributed by atoms with Crippen LogP contribution in [0.15, 0.2) is 0 Å². The number of rotatable bonds is 6. The largest absolute Gasteiger partial charge is 0.385 e. The van der Waals surface area contributed by atoms with E-state index in [9.17, 15) is 0 Å². The number of nitrogens with one attached hydrogen (secondary N) is 1. The molecule has 1 aliphatic rings. The van der Waals surface area contributed by atoms with Gasteiger partial charge in [0, 0.05) is 25.3 Å². The second-order valence-corrected chi connectivity index (χ2v) is 4.82. The molecular weight excluding hydrogens is 162 g/mol. The Bertz CT molecular complexity index is 152. The van der Waals surface area contributed by atoms with Gasteiger partial charge in [0.05, 0.1) is 0 Å². The van der Waals surface area contributed by atoms with Crippen molar-refractivity contribution in [1.29, 1.82) is 0 Å². The van der Waals surface area contributed by atoms with Crippen LogP contribution in [-0.4, -0.2) is 25.3 Å². The standard InChI is InChI=1S/C11H23NO/c1-9(7-8-13-4)12-11(2,3)10-5-6-10/h9-10,12H,5-8H2,1-4H3. The van der Waals surface area contributed by atoms with Gasteiger partial charge in [-0.3, -0.25) is 0 Å². The predicted octanol–water partition coefficient (Wildman–Crippen LogP) is 2.19. The zero-order valence-corrected chi connectivity index (χ0v) is 9.39. The van der Waals surface area contributed by atoms with Gasteiger partial charge >= 0.3 is 0 Å². The van der Waals surface area contributed by atoms with E-state index in [1.807, 2.05) is 0 Å². The highest BCUT2D eigenvalue weighted by Crippen LogP contribution is 2.39. The van der Waals surface area contributed by atoms with Gasteiger partial charge in [0.1, 0.15) is 0 Å². The summed E-state index contributed by atoms with van der Waals surface area (Å²) in [6.45, 7) is 7.72. The molecule has 0 saturated heterocycles. The van der Waals surface area contributed by atoms with E-state index in [4.69, 9.17) is 4.74 Å². The molecule has 2 heteroatoms. The van der Waals surface area contributed by atoms with E-state index in [2.05, 4.69) is 26.1 Å². The van der Waals surface area contributed by atoms with E-state index in [-0.39, 0.29) is 0 Å². The summed E-state index contributed by atoms with van der Waals surface area (Å²) in [5.41, 5.74) is 0.327. The molecular formula is C11H23NO. The fraction of sp³-hybridized carbons (Fsp3) is 1.00. The lowest BCUT2D eigenvalue weighted by atomic mass is 9.97. The third kappa shape index (κ3) is 3.65. The molecule has 0 bridgehead atoms. The summed E-state index contributed by atoms with van der Waals surface area (Å²) in [4.78, 5) is 0. The summed E-state index contributed by atoms with van der Waals surface area (Å²) >= 11 is 0. The molecule has 0 heterocycles. The van der Waals surface area contributed by atoms with Crippen LogP contribution in [0.2, 0.25) is 0 Å². The lowest BCUT2D eigenvalue weighted by molar-refractivity contribution is 0.175. The molecule has 0 radical (unpaired) electrons. The van der Waals surface area contributed by atoms with Crippen molar-refractivity contribution in [2.45, 2.75) is 51.6 Å². The van der Waals surface area contributed by atoms with Crippen LogP contribution in [0, 0.1) is 5.92 Å². The van der Waals surface area contributed by atoms with Gasteiger partial charge in [-0.25, -0.2) is 0 Å². The minimum atomic E-state index is 0.327. The van der Waals surface area contributed by atoms with Gasteiger partial charge in [0.2, 0.25) is 0 Å². The number of ether oxygens (including phenoxy) is 1. The summed E-state index contributed by atoms with van der Waals surface area (Å²) in [7, 11) is 1.76. The second kappa shape index (κ2) is 4.43. The number of methoxy groups -OCH3 is 1. The maximum Gasteiger partial charge on any atom is 0.0476 e. The lowest BCUT2D eigenvalue weighted by Crippen LogP contribution is -2.46. The molecule has 1 aliphatic carbocycles. The Kier molecular flexibility index (Phi) is 3.74. The van der Waals surface area contributed by atoms with Crippen molar-refractivity contribution < 1.29 is 4.74 Å². The average Bonchev–Trinajstić information content (AvgIpc) is 2.81. The molecule has 1 atom stereocenters. The van der Waals surface area contributed by atoms with E-state index >= 15 is 0 Å². The summed E-state index contributed by atoms with van der Waals surface area (Å²) in [6, 6.07) is 0.565. The SMILES string of the molecule is COCCC(C)NC(C)(C)C1CC1. The van der Waals surface area contributed by atoms with E-state index in [0.29, 0.717) is 11.6 Å². The molecule has 1 saturated carbocycles. The monoisotopic (exact) mass is 185 g/mol. The zero-order valence-electron chi connectivity index (χ0n) is 9.39. The number of hydrogen-bond donors (Lipinski definition) is 1. The first kappa shape index (κ1) is 11.0. The average molecular weight is 185 g/mol. The van der Waals surface area contributed by atoms with Crippen molar-refractivity contribution in [1.82, 2.24) is 5.32 Å². The Balaban J connectivity index is 2.21. The smallest absolute Gasteiger partial charge is 0.0476 e. The van der Waals surface area contributed by atoms with E-state index in [1.165, 1.54) is 12.8 Å². The van der Waals surface area contributed by atoms with Gasteiger partial charge in [-0.15, -0.1) is 0 Å². The summed E-state index contributed by atoms with van der Waals surface area (Å²) in [5, 5.41) is 3.67. The third-order valence-electron chi connectivity index (χ3n) is 2.97. The molecule has 1 rings (SSSR count). The fourth-order valence-electron chi connectivity index (χ4n) is 1.92. The van der Waals surface area contributed by atoms with Crippen molar-refractivity contribution in [3.05, 3.63) is 0 Å². The molecule has 1 N–H and O–H groups in total. The van der Waals surface area contributed by atoms with Gasteiger partial charge in [0.15, 0.2) is 0 Å². The first-order valence-electron chi connectivity index (χ1n) is 5.33. The molecule has 0 aromatic rings. The van der Waals surface area contributed by atoms with Crippen LogP contribution in [0.25, 0.3) is 0 Å². The van der Waals surface area contributed by atoms with Crippen molar-refractivity contribution in [3.63, 3.8) is 0 Å². The first-order valence-corrected chi connectivity index (χ1v) is 5.33. The van der Waals surface area contributed by atoms with Gasteiger partial charge < -0.3 is 10.1 Å². The Morgan fingerprint density at radius 3 is 2.54 bits per heavy atom. The topological polar surface area (TPSA) is 21.3 Å². The van der Waals surface area contributed by atoms with Crippen LogP contribution in [0.4, 0.5) is 0 Å². The first-order chi connectivity index (χ1) is 6.06. The maximum absolute atomic E-state index is 5.06. The highest BCUT2D eigenvalue weighted by Gasteiger charge is 2.37. The van der Waals surface area contributed by atoms with E-state index in [1.54, 1.807) is 7.11 Å². The van der Waals surface area contributed by atoms with Crippen LogP contribution in [-0.2, 0) is 4.74 Å². The van der Waals surface area contributed by atoms with E-state index < -0.39 is 0 Å². The molecule has 1 fully saturated rings. The zero-order chi connectivity index (χ0) is 9.90. The Morgan fingerprint density at radius 1 is 1.46 bits per heavy atom. The molecule has 1 unspecified atom stereocenters. The normalized spacial score (nSPS) is 20.3. The van der Waals surface area contributed by atoms with Gasteiger partial charge in [-0.1, -0.05) is 0 Å². The molecule has 0 aromatic heterocycles. The summed E-state index contributed by atoms with van der Waals surface area (Å²) in [5.74, 6) is 0.900. The van der Waals surface area contributed by atoms with Crippen LogP contribution in [0.1, 0.15) is 40.0 Å². The minimum Gasteiger partial charge on any atom is -0.385 e. The Morgan fingerprint density at radius 2 is 2.08 bits per heavy atom. The van der Waals surface area contributed by atoms with Gasteiger partial charge in [-0.2, -0.15) is 0 Å². The third-order valence-corrected chi connectivity index (χ3v) is 2.97. The highest BCUT2D eigenvalue weighted by atomic mass is 16.5. The maximum atomic E-state index is 5.06. The molecule has 78 valence electrons. The van der Waals surface area contributed by atoms with E-state index in [0.717, 1.165) is 18.9 Å². The number of hydrogen-bond acceptors (Lipinski definition) is 2. The van der Waals surface area contributed by atoms with Crippen LogP contribution < -0.4 is 5.32 Å². The van der Waals surface area contributed by atoms with Gasteiger partial charge in [-0.05, 0) is 46.0 Å². The molecule has 0 spiro atoms. The second-order valence-electron chi connectivity index (χ2n) is 4.82. The molecule has 13 heavy (non-hydrogen) atoms. The Labute approximate surface area is 82.0 Å². The predicted molar refractivity (Wildman–Crippen MR) is 55.9 cm³/mol. The molecule has 0 amide bonds. The van der Waals surface area contributed by atoms with Gasteiger partial charge in [0.25, 0.3) is 0 Å². The quantitative estimate of drug-likeness (QED) is 0.685. The lowest BCUT2D eigenvalue weighted by Gasteiger charge is -2.30. The van der Waals surface area contributed by atoms with Crippen molar-refractivity contribution in [2.75, 3.05) is 13.7 Å². The molecule has 0 aromatic carbocycles. The van der Waals surface area contributed by atoms with Crippen LogP contribution in [0.5, 0.6) is 0 Å². The van der Waals surface area contributed by atoms with Crippen molar-refractivity contribution >= 4 is 0 Å². The van der Waals surface area contributed by atoms with Crippen molar-refractivity contribution in [3.8, 4) is 0 Å². The molecule has 2 nitrogen and oxygen atoms in total. The van der Waals surface area contributed by atoms with Crippen molar-refractivity contribution in [2.24, 2.45) is 5.92 Å². The molecule has 0 aliphatic heterocycles.